The van der Waals surface area contributed by atoms with Crippen LogP contribution < -0.4 is 4.74 Å². The van der Waals surface area contributed by atoms with Crippen molar-refractivity contribution < 1.29 is 4.74 Å². The molecule has 2 aromatic rings. The Hall–Kier alpha value is -1.99. The van der Waals surface area contributed by atoms with Gasteiger partial charge in [-0.2, -0.15) is 10.4 Å². The molecule has 5 heteroatoms. The maximum absolute atomic E-state index is 8.91. The van der Waals surface area contributed by atoms with E-state index in [-0.39, 0.29) is 0 Å². The van der Waals surface area contributed by atoms with Gasteiger partial charge in [0.25, 0.3) is 0 Å². The Morgan fingerprint density at radius 1 is 1.44 bits per heavy atom. The zero-order valence-corrected chi connectivity index (χ0v) is 9.25. The van der Waals surface area contributed by atoms with E-state index in [0.717, 1.165) is 5.56 Å². The van der Waals surface area contributed by atoms with E-state index in [4.69, 9.17) is 21.6 Å². The lowest BCUT2D eigenvalue weighted by Gasteiger charge is -2.07. The van der Waals surface area contributed by atoms with Crippen LogP contribution in [0.2, 0.25) is 5.02 Å². The van der Waals surface area contributed by atoms with Crippen LogP contribution in [0.3, 0.4) is 0 Å². The maximum atomic E-state index is 8.91. The van der Waals surface area contributed by atoms with Crippen LogP contribution in [-0.2, 0) is 0 Å². The van der Waals surface area contributed by atoms with Crippen molar-refractivity contribution in [3.63, 3.8) is 0 Å². The van der Waals surface area contributed by atoms with E-state index in [1.54, 1.807) is 31.5 Å². The predicted octanol–water partition coefficient (Wildman–Crippen LogP) is 2.61. The molecular weight excluding hydrogens is 226 g/mol. The van der Waals surface area contributed by atoms with Gasteiger partial charge < -0.3 is 4.74 Å². The van der Waals surface area contributed by atoms with Crippen LogP contribution in [0.25, 0.3) is 11.1 Å². The molecule has 1 aromatic heterocycles. The largest absolute Gasteiger partial charge is 0.496 e. The Kier molecular flexibility index (Phi) is 2.80. The first-order chi connectivity index (χ1) is 7.76. The molecule has 2 rings (SSSR count). The van der Waals surface area contributed by atoms with Gasteiger partial charge in [0.05, 0.1) is 13.3 Å². The van der Waals surface area contributed by atoms with E-state index < -0.39 is 0 Å². The third-order valence-corrected chi connectivity index (χ3v) is 2.44. The minimum absolute atomic E-state index is 0.389. The molecule has 0 aliphatic heterocycles. The molecule has 1 N–H and O–H groups in total. The highest BCUT2D eigenvalue weighted by Gasteiger charge is 2.12. The molecule has 0 aliphatic rings. The quantitative estimate of drug-likeness (QED) is 0.867. The van der Waals surface area contributed by atoms with E-state index >= 15 is 0 Å². The molecule has 1 heterocycles. The van der Waals surface area contributed by atoms with Gasteiger partial charge in [0.15, 0.2) is 0 Å². The van der Waals surface area contributed by atoms with Crippen LogP contribution in [0.1, 0.15) is 5.69 Å². The molecule has 0 amide bonds. The summed E-state index contributed by atoms with van der Waals surface area (Å²) in [5.41, 5.74) is 1.82. The van der Waals surface area contributed by atoms with Crippen molar-refractivity contribution in [3.8, 4) is 22.9 Å². The summed E-state index contributed by atoms with van der Waals surface area (Å²) in [6, 6.07) is 7.26. The highest BCUT2D eigenvalue weighted by atomic mass is 35.5. The van der Waals surface area contributed by atoms with Crippen molar-refractivity contribution in [2.75, 3.05) is 7.11 Å². The van der Waals surface area contributed by atoms with Crippen molar-refractivity contribution >= 4 is 11.6 Å². The number of rotatable bonds is 2. The zero-order valence-electron chi connectivity index (χ0n) is 8.49. The molecule has 0 unspecified atom stereocenters. The highest BCUT2D eigenvalue weighted by Crippen LogP contribution is 2.33. The minimum atomic E-state index is 0.389. The summed E-state index contributed by atoms with van der Waals surface area (Å²) in [7, 11) is 1.57. The normalized spacial score (nSPS) is 9.81. The van der Waals surface area contributed by atoms with Gasteiger partial charge in [-0.15, -0.1) is 0 Å². The van der Waals surface area contributed by atoms with Gasteiger partial charge in [-0.05, 0) is 18.2 Å². The summed E-state index contributed by atoms with van der Waals surface area (Å²) < 4.78 is 5.21. The number of nitrogens with one attached hydrogen (secondary N) is 1. The fourth-order valence-electron chi connectivity index (χ4n) is 1.47. The molecule has 0 saturated heterocycles. The summed E-state index contributed by atoms with van der Waals surface area (Å²) in [4.78, 5) is 0. The van der Waals surface area contributed by atoms with Gasteiger partial charge in [-0.25, -0.2) is 0 Å². The van der Waals surface area contributed by atoms with Crippen LogP contribution in [0.15, 0.2) is 24.4 Å². The zero-order chi connectivity index (χ0) is 11.5. The number of aromatic nitrogens is 2. The number of hydrogen-bond donors (Lipinski definition) is 1. The minimum Gasteiger partial charge on any atom is -0.496 e. The lowest BCUT2D eigenvalue weighted by atomic mass is 10.1. The number of aromatic amines is 1. The fraction of sp³-hybridized carbons (Fsp3) is 0.0909. The Morgan fingerprint density at radius 2 is 2.25 bits per heavy atom. The SMILES string of the molecule is COc1ccc(Cl)cc1-c1cn[nH]c1C#N. The smallest absolute Gasteiger partial charge is 0.143 e. The number of nitriles is 1. The number of methoxy groups -OCH3 is 1. The van der Waals surface area contributed by atoms with Crippen LogP contribution in [0.4, 0.5) is 0 Å². The van der Waals surface area contributed by atoms with Crippen molar-refractivity contribution in [2.24, 2.45) is 0 Å². The standard InChI is InChI=1S/C11H8ClN3O/c1-16-11-3-2-7(12)4-8(11)9-6-14-15-10(9)5-13/h2-4,6H,1H3,(H,14,15). The first-order valence-electron chi connectivity index (χ1n) is 4.53. The number of halogens is 1. The van der Waals surface area contributed by atoms with Crippen LogP contribution in [0.5, 0.6) is 5.75 Å². The molecule has 80 valence electrons. The van der Waals surface area contributed by atoms with Gasteiger partial charge in [-0.1, -0.05) is 11.6 Å². The van der Waals surface area contributed by atoms with E-state index in [1.165, 1.54) is 0 Å². The Bertz CT molecular complexity index is 557. The first kappa shape index (κ1) is 10.5. The second-order valence-electron chi connectivity index (χ2n) is 3.12. The van der Waals surface area contributed by atoms with Gasteiger partial charge >= 0.3 is 0 Å². The van der Waals surface area contributed by atoms with Crippen LogP contribution in [0, 0.1) is 11.3 Å². The average molecular weight is 234 g/mol. The van der Waals surface area contributed by atoms with Crippen molar-refractivity contribution in [3.05, 3.63) is 35.1 Å². The number of benzene rings is 1. The van der Waals surface area contributed by atoms with Crippen LogP contribution in [-0.4, -0.2) is 17.3 Å². The summed E-state index contributed by atoms with van der Waals surface area (Å²) in [5.74, 6) is 0.655. The molecule has 0 saturated carbocycles. The number of nitrogens with zero attached hydrogens (tertiary/aromatic N) is 2. The molecule has 4 nitrogen and oxygen atoms in total. The monoisotopic (exact) mass is 233 g/mol. The number of H-pyrrole nitrogens is 1. The second-order valence-corrected chi connectivity index (χ2v) is 3.55. The highest BCUT2D eigenvalue weighted by molar-refractivity contribution is 6.31. The summed E-state index contributed by atoms with van der Waals surface area (Å²) in [6.07, 6.45) is 1.58. The topological polar surface area (TPSA) is 61.7 Å². The second kappa shape index (κ2) is 4.25. The Morgan fingerprint density at radius 3 is 2.94 bits per heavy atom. The van der Waals surface area contributed by atoms with E-state index in [1.807, 2.05) is 6.07 Å². The van der Waals surface area contributed by atoms with Crippen molar-refractivity contribution in [2.45, 2.75) is 0 Å². The number of hydrogen-bond acceptors (Lipinski definition) is 3. The molecular formula is C11H8ClN3O. The maximum Gasteiger partial charge on any atom is 0.143 e. The summed E-state index contributed by atoms with van der Waals surface area (Å²) in [6.45, 7) is 0. The summed E-state index contributed by atoms with van der Waals surface area (Å²) >= 11 is 5.92. The molecule has 0 fully saturated rings. The third-order valence-electron chi connectivity index (χ3n) is 2.20. The molecule has 0 aliphatic carbocycles. The fourth-order valence-corrected chi connectivity index (χ4v) is 1.64. The molecule has 0 spiro atoms. The van der Waals surface area contributed by atoms with Gasteiger partial charge in [0.2, 0.25) is 0 Å². The van der Waals surface area contributed by atoms with E-state index in [0.29, 0.717) is 22.0 Å². The van der Waals surface area contributed by atoms with Crippen molar-refractivity contribution in [1.29, 1.82) is 5.26 Å². The molecule has 1 aromatic carbocycles. The number of ether oxygens (including phenoxy) is 1. The van der Waals surface area contributed by atoms with Crippen molar-refractivity contribution in [1.82, 2.24) is 10.2 Å². The average Bonchev–Trinajstić information content (AvgIpc) is 2.76. The first-order valence-corrected chi connectivity index (χ1v) is 4.91. The molecule has 0 radical (unpaired) electrons. The Labute approximate surface area is 97.4 Å². The molecule has 16 heavy (non-hydrogen) atoms. The Balaban J connectivity index is 2.63. The van der Waals surface area contributed by atoms with Gasteiger partial charge in [-0.3, -0.25) is 5.10 Å². The van der Waals surface area contributed by atoms with E-state index in [9.17, 15) is 0 Å². The molecule has 0 bridgehead atoms. The van der Waals surface area contributed by atoms with Gasteiger partial charge in [0.1, 0.15) is 17.5 Å². The van der Waals surface area contributed by atoms with Gasteiger partial charge in [0, 0.05) is 16.1 Å². The summed E-state index contributed by atoms with van der Waals surface area (Å²) in [5, 5.41) is 15.9. The lowest BCUT2D eigenvalue weighted by molar-refractivity contribution is 0.416. The van der Waals surface area contributed by atoms with Crippen LogP contribution >= 0.6 is 11.6 Å². The lowest BCUT2D eigenvalue weighted by Crippen LogP contribution is -1.88. The predicted molar refractivity (Wildman–Crippen MR) is 60.3 cm³/mol. The molecule has 0 atom stereocenters. The third kappa shape index (κ3) is 1.73. The van der Waals surface area contributed by atoms with E-state index in [2.05, 4.69) is 10.2 Å².